The van der Waals surface area contributed by atoms with Crippen molar-refractivity contribution < 1.29 is 0 Å². The zero-order valence-electron chi connectivity index (χ0n) is 7.37. The smallest absolute Gasteiger partial charge is 0.00946 e. The standard InChI is InChI=1S/C12H15/c1-2-4-6-8-10-12-11-9-7-5-3-1/h1-3,6,8-9,11H,4,7,10,12H2/b2-1+,5-3?,8-6+,11-9+. The molecule has 0 aliphatic heterocycles. The molecule has 1 aliphatic carbocycles. The van der Waals surface area contributed by atoms with Gasteiger partial charge in [0, 0.05) is 0 Å². The summed E-state index contributed by atoms with van der Waals surface area (Å²) >= 11 is 0. The van der Waals surface area contributed by atoms with Crippen molar-refractivity contribution in [2.24, 2.45) is 0 Å². The van der Waals surface area contributed by atoms with Gasteiger partial charge in [-0.05, 0) is 31.8 Å². The molecule has 1 radical (unpaired) electrons. The Morgan fingerprint density at radius 2 is 1.67 bits per heavy atom. The molecule has 0 saturated heterocycles. The summed E-state index contributed by atoms with van der Waals surface area (Å²) in [5.41, 5.74) is 0. The van der Waals surface area contributed by atoms with Crippen molar-refractivity contribution in [2.45, 2.75) is 25.7 Å². The summed E-state index contributed by atoms with van der Waals surface area (Å²) < 4.78 is 0. The summed E-state index contributed by atoms with van der Waals surface area (Å²) in [5.74, 6) is 0. The fourth-order valence-corrected chi connectivity index (χ4v) is 1.04. The van der Waals surface area contributed by atoms with Crippen LogP contribution in [0.1, 0.15) is 25.7 Å². The van der Waals surface area contributed by atoms with Gasteiger partial charge in [0.25, 0.3) is 0 Å². The number of hydrogen-bond acceptors (Lipinski definition) is 0. The topological polar surface area (TPSA) is 0 Å². The van der Waals surface area contributed by atoms with Crippen LogP contribution in [0.4, 0.5) is 0 Å². The van der Waals surface area contributed by atoms with E-state index in [1.54, 1.807) is 0 Å². The summed E-state index contributed by atoms with van der Waals surface area (Å²) in [4.78, 5) is 0. The Morgan fingerprint density at radius 3 is 2.58 bits per heavy atom. The lowest BCUT2D eigenvalue weighted by molar-refractivity contribution is 1.03. The Bertz CT molecular complexity index is 180. The van der Waals surface area contributed by atoms with Gasteiger partial charge in [0.05, 0.1) is 0 Å². The van der Waals surface area contributed by atoms with Gasteiger partial charge in [-0.25, -0.2) is 0 Å². The predicted octanol–water partition coefficient (Wildman–Crippen LogP) is 3.59. The molecule has 0 spiro atoms. The molecule has 0 bridgehead atoms. The summed E-state index contributed by atoms with van der Waals surface area (Å²) in [5, 5.41) is 0. The number of rotatable bonds is 0. The predicted molar refractivity (Wildman–Crippen MR) is 53.7 cm³/mol. The molecule has 63 valence electrons. The highest BCUT2D eigenvalue weighted by molar-refractivity contribution is 5.04. The fraction of sp³-hybridized carbons (Fsp3) is 0.333. The Morgan fingerprint density at radius 1 is 0.833 bits per heavy atom. The lowest BCUT2D eigenvalue weighted by Gasteiger charge is -1.88. The lowest BCUT2D eigenvalue weighted by Crippen LogP contribution is -1.68. The molecular weight excluding hydrogens is 144 g/mol. The van der Waals surface area contributed by atoms with Crippen LogP contribution in [-0.2, 0) is 0 Å². The van der Waals surface area contributed by atoms with Crippen LogP contribution in [0.5, 0.6) is 0 Å². The maximum absolute atomic E-state index is 3.18. The molecule has 0 amide bonds. The molecule has 0 aromatic rings. The fourth-order valence-electron chi connectivity index (χ4n) is 1.04. The SMILES string of the molecule is [C]1=C\C=C\C/C=C/CC/C=C/C/1. The molecule has 0 heteroatoms. The van der Waals surface area contributed by atoms with Crippen LogP contribution in [0.15, 0.2) is 42.5 Å². The molecule has 0 heterocycles. The van der Waals surface area contributed by atoms with Gasteiger partial charge >= 0.3 is 0 Å². The maximum atomic E-state index is 3.18. The van der Waals surface area contributed by atoms with Gasteiger partial charge in [-0.1, -0.05) is 42.5 Å². The highest BCUT2D eigenvalue weighted by atomic mass is 13.8. The van der Waals surface area contributed by atoms with Crippen molar-refractivity contribution in [3.63, 3.8) is 0 Å². The van der Waals surface area contributed by atoms with Crippen molar-refractivity contribution >= 4 is 0 Å². The zero-order valence-corrected chi connectivity index (χ0v) is 7.37. The van der Waals surface area contributed by atoms with Crippen molar-refractivity contribution in [3.05, 3.63) is 48.6 Å². The molecule has 1 rings (SSSR count). The molecular formula is C12H15. The van der Waals surface area contributed by atoms with E-state index in [2.05, 4.69) is 42.5 Å². The Balaban J connectivity index is 2.41. The summed E-state index contributed by atoms with van der Waals surface area (Å²) in [6.45, 7) is 0. The van der Waals surface area contributed by atoms with Gasteiger partial charge in [-0.2, -0.15) is 0 Å². The van der Waals surface area contributed by atoms with Crippen LogP contribution in [0.3, 0.4) is 0 Å². The number of hydrogen-bond donors (Lipinski definition) is 0. The third-order valence-corrected chi connectivity index (χ3v) is 1.69. The minimum Gasteiger partial charge on any atom is -0.0879 e. The Hall–Kier alpha value is -1.04. The highest BCUT2D eigenvalue weighted by Crippen LogP contribution is 1.98. The first-order valence-corrected chi connectivity index (χ1v) is 4.52. The van der Waals surface area contributed by atoms with E-state index in [0.717, 1.165) is 25.7 Å². The molecule has 1 aliphatic rings. The second-order valence-electron chi connectivity index (χ2n) is 2.76. The van der Waals surface area contributed by atoms with Gasteiger partial charge in [0.2, 0.25) is 0 Å². The number of allylic oxidation sites excluding steroid dienone is 8. The van der Waals surface area contributed by atoms with E-state index in [1.807, 2.05) is 6.08 Å². The summed E-state index contributed by atoms with van der Waals surface area (Å²) in [6, 6.07) is 0. The van der Waals surface area contributed by atoms with Crippen LogP contribution in [0.2, 0.25) is 0 Å². The average Bonchev–Trinajstić information content (AvgIpc) is 2.05. The highest BCUT2D eigenvalue weighted by Gasteiger charge is 1.78. The molecule has 0 fully saturated rings. The van der Waals surface area contributed by atoms with E-state index < -0.39 is 0 Å². The quantitative estimate of drug-likeness (QED) is 0.474. The van der Waals surface area contributed by atoms with Crippen LogP contribution in [-0.4, -0.2) is 0 Å². The maximum Gasteiger partial charge on any atom is -0.00946 e. The second-order valence-corrected chi connectivity index (χ2v) is 2.76. The van der Waals surface area contributed by atoms with Crippen molar-refractivity contribution in [1.82, 2.24) is 0 Å². The first kappa shape index (κ1) is 9.05. The van der Waals surface area contributed by atoms with Crippen molar-refractivity contribution in [1.29, 1.82) is 0 Å². The van der Waals surface area contributed by atoms with Gasteiger partial charge in [-0.15, -0.1) is 0 Å². The molecule has 0 atom stereocenters. The van der Waals surface area contributed by atoms with E-state index in [4.69, 9.17) is 0 Å². The normalized spacial score (nSPS) is 29.3. The van der Waals surface area contributed by atoms with E-state index in [-0.39, 0.29) is 0 Å². The molecule has 12 heavy (non-hydrogen) atoms. The van der Waals surface area contributed by atoms with Crippen molar-refractivity contribution in [2.75, 3.05) is 0 Å². The second kappa shape index (κ2) is 6.66. The Labute approximate surface area is 75.0 Å². The van der Waals surface area contributed by atoms with E-state index in [1.165, 1.54) is 0 Å². The van der Waals surface area contributed by atoms with Gasteiger partial charge in [0.15, 0.2) is 0 Å². The zero-order chi connectivity index (χ0) is 8.49. The molecule has 0 aromatic carbocycles. The minimum atomic E-state index is 0.939. The minimum absolute atomic E-state index is 0.939. The largest absolute Gasteiger partial charge is 0.0879 e. The molecule has 0 saturated carbocycles. The average molecular weight is 159 g/mol. The first-order chi connectivity index (χ1) is 6.00. The third kappa shape index (κ3) is 4.73. The molecule has 0 unspecified atom stereocenters. The third-order valence-electron chi connectivity index (χ3n) is 1.69. The van der Waals surface area contributed by atoms with Gasteiger partial charge < -0.3 is 0 Å². The van der Waals surface area contributed by atoms with Crippen LogP contribution >= 0.6 is 0 Å². The molecule has 0 nitrogen and oxygen atoms in total. The van der Waals surface area contributed by atoms with E-state index in [9.17, 15) is 0 Å². The van der Waals surface area contributed by atoms with Crippen LogP contribution in [0.25, 0.3) is 0 Å². The first-order valence-electron chi connectivity index (χ1n) is 4.52. The Kier molecular flexibility index (Phi) is 5.02. The van der Waals surface area contributed by atoms with Gasteiger partial charge in [-0.3, -0.25) is 0 Å². The lowest BCUT2D eigenvalue weighted by atomic mass is 10.2. The monoisotopic (exact) mass is 159 g/mol. The van der Waals surface area contributed by atoms with Crippen LogP contribution in [0, 0.1) is 6.08 Å². The molecule has 0 N–H and O–H groups in total. The molecule has 0 aromatic heterocycles. The van der Waals surface area contributed by atoms with E-state index >= 15 is 0 Å². The summed E-state index contributed by atoms with van der Waals surface area (Å²) in [7, 11) is 0. The van der Waals surface area contributed by atoms with Crippen molar-refractivity contribution in [3.8, 4) is 0 Å². The van der Waals surface area contributed by atoms with Crippen LogP contribution < -0.4 is 0 Å². The summed E-state index contributed by atoms with van der Waals surface area (Å²) in [6.07, 6.45) is 22.5. The van der Waals surface area contributed by atoms with E-state index in [0.29, 0.717) is 0 Å². The van der Waals surface area contributed by atoms with Gasteiger partial charge in [0.1, 0.15) is 0 Å².